The molecular formula is C14H22N2O2. The molecule has 1 aliphatic carbocycles. The number of rotatable bonds is 5. The zero-order valence-corrected chi connectivity index (χ0v) is 10.9. The van der Waals surface area contributed by atoms with Crippen molar-refractivity contribution in [1.82, 2.24) is 10.2 Å². The lowest BCUT2D eigenvalue weighted by Crippen LogP contribution is -2.25. The second-order valence-corrected chi connectivity index (χ2v) is 5.27. The molecule has 2 fully saturated rings. The van der Waals surface area contributed by atoms with Crippen molar-refractivity contribution in [2.45, 2.75) is 38.4 Å². The molecule has 0 unspecified atom stereocenters. The fourth-order valence-electron chi connectivity index (χ4n) is 2.31. The largest absolute Gasteiger partial charge is 0.463 e. The van der Waals surface area contributed by atoms with Gasteiger partial charge < -0.3 is 14.5 Å². The Morgan fingerprint density at radius 1 is 1.17 bits per heavy atom. The molecule has 1 saturated carbocycles. The molecule has 0 atom stereocenters. The Bertz CT molecular complexity index is 366. The Kier molecular flexibility index (Phi) is 3.98. The Labute approximate surface area is 108 Å². The third-order valence-corrected chi connectivity index (χ3v) is 3.55. The van der Waals surface area contributed by atoms with Crippen molar-refractivity contribution in [3.05, 3.63) is 23.7 Å². The van der Waals surface area contributed by atoms with Crippen LogP contribution in [0.25, 0.3) is 0 Å². The van der Waals surface area contributed by atoms with Crippen molar-refractivity contribution in [3.63, 3.8) is 0 Å². The normalized spacial score (nSPS) is 22.0. The molecule has 1 N–H and O–H groups in total. The Morgan fingerprint density at radius 3 is 2.94 bits per heavy atom. The van der Waals surface area contributed by atoms with E-state index in [0.29, 0.717) is 0 Å². The number of furan rings is 1. The monoisotopic (exact) mass is 250 g/mol. The van der Waals surface area contributed by atoms with Crippen molar-refractivity contribution >= 4 is 0 Å². The number of nitrogens with one attached hydrogen (secondary N) is 1. The van der Waals surface area contributed by atoms with Gasteiger partial charge in [0.15, 0.2) is 0 Å². The van der Waals surface area contributed by atoms with Crippen molar-refractivity contribution in [1.29, 1.82) is 0 Å². The smallest absolute Gasteiger partial charge is 0.118 e. The molecule has 4 heteroatoms. The van der Waals surface area contributed by atoms with Gasteiger partial charge in [0, 0.05) is 25.7 Å². The quantitative estimate of drug-likeness (QED) is 0.864. The fraction of sp³-hybridized carbons (Fsp3) is 0.714. The van der Waals surface area contributed by atoms with Gasteiger partial charge in [-0.2, -0.15) is 0 Å². The van der Waals surface area contributed by atoms with Crippen LogP contribution in [-0.4, -0.2) is 37.2 Å². The molecule has 3 rings (SSSR count). The summed E-state index contributed by atoms with van der Waals surface area (Å²) in [5, 5.41) is 3.47. The van der Waals surface area contributed by atoms with Crippen LogP contribution in [0.4, 0.5) is 0 Å². The highest BCUT2D eigenvalue weighted by Gasteiger charge is 2.20. The first-order valence-electron chi connectivity index (χ1n) is 7.01. The third-order valence-electron chi connectivity index (χ3n) is 3.55. The van der Waals surface area contributed by atoms with Crippen LogP contribution in [-0.2, 0) is 17.8 Å². The van der Waals surface area contributed by atoms with Gasteiger partial charge in [0.1, 0.15) is 11.5 Å². The van der Waals surface area contributed by atoms with E-state index < -0.39 is 0 Å². The Morgan fingerprint density at radius 2 is 2.06 bits per heavy atom. The maximum atomic E-state index is 5.86. The summed E-state index contributed by atoms with van der Waals surface area (Å²) in [6, 6.07) is 4.94. The molecule has 2 heterocycles. The minimum atomic E-state index is 0.737. The van der Waals surface area contributed by atoms with Crippen molar-refractivity contribution in [2.75, 3.05) is 26.3 Å². The topological polar surface area (TPSA) is 37.6 Å². The van der Waals surface area contributed by atoms with Gasteiger partial charge in [0.2, 0.25) is 0 Å². The average Bonchev–Trinajstić information content (AvgIpc) is 3.14. The van der Waals surface area contributed by atoms with E-state index in [1.165, 1.54) is 12.8 Å². The lowest BCUT2D eigenvalue weighted by atomic mass is 10.3. The highest BCUT2D eigenvalue weighted by Crippen LogP contribution is 2.20. The van der Waals surface area contributed by atoms with Crippen LogP contribution in [0.3, 0.4) is 0 Å². The highest BCUT2D eigenvalue weighted by atomic mass is 16.5. The van der Waals surface area contributed by atoms with E-state index in [9.17, 15) is 0 Å². The van der Waals surface area contributed by atoms with Gasteiger partial charge in [-0.1, -0.05) is 0 Å². The average molecular weight is 250 g/mol. The Balaban J connectivity index is 1.48. The van der Waals surface area contributed by atoms with E-state index in [1.807, 2.05) is 0 Å². The van der Waals surface area contributed by atoms with E-state index in [4.69, 9.17) is 9.15 Å². The van der Waals surface area contributed by atoms with Crippen molar-refractivity contribution in [2.24, 2.45) is 0 Å². The number of hydrogen-bond acceptors (Lipinski definition) is 4. The van der Waals surface area contributed by atoms with Crippen molar-refractivity contribution < 1.29 is 9.15 Å². The fourth-order valence-corrected chi connectivity index (χ4v) is 2.31. The maximum Gasteiger partial charge on any atom is 0.118 e. The first-order chi connectivity index (χ1) is 8.90. The predicted octanol–water partition coefficient (Wildman–Crippen LogP) is 1.75. The van der Waals surface area contributed by atoms with Crippen LogP contribution < -0.4 is 5.32 Å². The second-order valence-electron chi connectivity index (χ2n) is 5.27. The molecule has 18 heavy (non-hydrogen) atoms. The zero-order chi connectivity index (χ0) is 12.2. The van der Waals surface area contributed by atoms with Crippen LogP contribution in [0, 0.1) is 0 Å². The minimum Gasteiger partial charge on any atom is -0.463 e. The zero-order valence-electron chi connectivity index (χ0n) is 10.9. The third kappa shape index (κ3) is 3.57. The van der Waals surface area contributed by atoms with Gasteiger partial charge in [-0.3, -0.25) is 4.90 Å². The molecule has 0 bridgehead atoms. The number of nitrogens with zero attached hydrogens (tertiary/aromatic N) is 1. The SMILES string of the molecule is c1cc(CN2CCCOCC2)oc1CNC1CC1. The molecule has 100 valence electrons. The van der Waals surface area contributed by atoms with E-state index in [1.54, 1.807) is 0 Å². The summed E-state index contributed by atoms with van der Waals surface area (Å²) >= 11 is 0. The molecule has 0 spiro atoms. The molecule has 0 radical (unpaired) electrons. The van der Waals surface area contributed by atoms with Crippen LogP contribution in [0.1, 0.15) is 30.8 Å². The number of ether oxygens (including phenoxy) is 1. The van der Waals surface area contributed by atoms with E-state index in [0.717, 1.165) is 63.4 Å². The molecular weight excluding hydrogens is 228 g/mol. The number of hydrogen-bond donors (Lipinski definition) is 1. The molecule has 1 aromatic heterocycles. The van der Waals surface area contributed by atoms with Gasteiger partial charge in [-0.25, -0.2) is 0 Å². The van der Waals surface area contributed by atoms with Gasteiger partial charge in [-0.05, 0) is 31.4 Å². The summed E-state index contributed by atoms with van der Waals surface area (Å²) in [5.74, 6) is 2.13. The lowest BCUT2D eigenvalue weighted by Gasteiger charge is -2.17. The molecule has 2 aliphatic rings. The molecule has 0 amide bonds. The molecule has 1 aliphatic heterocycles. The van der Waals surface area contributed by atoms with Gasteiger partial charge in [0.05, 0.1) is 19.7 Å². The van der Waals surface area contributed by atoms with Gasteiger partial charge in [0.25, 0.3) is 0 Å². The van der Waals surface area contributed by atoms with E-state index in [2.05, 4.69) is 22.3 Å². The molecule has 0 aromatic carbocycles. The van der Waals surface area contributed by atoms with E-state index >= 15 is 0 Å². The summed E-state index contributed by atoms with van der Waals surface area (Å²) in [5.41, 5.74) is 0. The Hall–Kier alpha value is -0.840. The lowest BCUT2D eigenvalue weighted by molar-refractivity contribution is 0.139. The van der Waals surface area contributed by atoms with Gasteiger partial charge >= 0.3 is 0 Å². The predicted molar refractivity (Wildman–Crippen MR) is 69.3 cm³/mol. The van der Waals surface area contributed by atoms with Crippen LogP contribution in [0.5, 0.6) is 0 Å². The van der Waals surface area contributed by atoms with Crippen LogP contribution in [0.2, 0.25) is 0 Å². The summed E-state index contributed by atoms with van der Waals surface area (Å²) in [7, 11) is 0. The molecule has 1 saturated heterocycles. The molecule has 1 aromatic rings. The first-order valence-corrected chi connectivity index (χ1v) is 7.01. The summed E-state index contributed by atoms with van der Waals surface area (Å²) in [6.45, 7) is 5.63. The van der Waals surface area contributed by atoms with Crippen molar-refractivity contribution in [3.8, 4) is 0 Å². The van der Waals surface area contributed by atoms with E-state index in [-0.39, 0.29) is 0 Å². The summed E-state index contributed by atoms with van der Waals surface area (Å²) in [4.78, 5) is 2.41. The van der Waals surface area contributed by atoms with Crippen LogP contribution >= 0.6 is 0 Å². The minimum absolute atomic E-state index is 0.737. The van der Waals surface area contributed by atoms with Crippen LogP contribution in [0.15, 0.2) is 16.5 Å². The standard InChI is InChI=1S/C14H22N2O2/c1-6-16(7-9-17-8-1)11-14-5-4-13(18-14)10-15-12-2-3-12/h4-5,12,15H,1-3,6-11H2. The molecule has 4 nitrogen and oxygen atoms in total. The maximum absolute atomic E-state index is 5.86. The first kappa shape index (κ1) is 12.2. The summed E-state index contributed by atoms with van der Waals surface area (Å²) < 4.78 is 11.3. The van der Waals surface area contributed by atoms with Gasteiger partial charge in [-0.15, -0.1) is 0 Å². The second kappa shape index (κ2) is 5.87. The summed E-state index contributed by atoms with van der Waals surface area (Å²) in [6.07, 6.45) is 3.76. The highest BCUT2D eigenvalue weighted by molar-refractivity contribution is 5.07.